The van der Waals surface area contributed by atoms with Gasteiger partial charge in [-0.15, -0.1) is 0 Å². The van der Waals surface area contributed by atoms with Crippen LogP contribution in [0.15, 0.2) is 24.3 Å². The Labute approximate surface area is 421 Å². The molecule has 0 aromatic carbocycles. The topological polar surface area (TPSA) is 69.6 Å². The van der Waals surface area contributed by atoms with Crippen LogP contribution in [-0.4, -0.2) is 34.9 Å². The zero-order valence-electron chi connectivity index (χ0n) is 46.0. The molecular weight excluding hydrogens is 819 g/mol. The lowest BCUT2D eigenvalue weighted by atomic mass is 10.0. The number of aliphatic hydroxyl groups excluding tert-OH is 2. The molecule has 398 valence electrons. The number of hydrogen-bond donors (Lipinski definition) is 3. The first kappa shape index (κ1) is 65.9. The van der Waals surface area contributed by atoms with Crippen molar-refractivity contribution >= 4 is 5.91 Å². The second-order valence-electron chi connectivity index (χ2n) is 21.5. The third kappa shape index (κ3) is 55.7. The highest BCUT2D eigenvalue weighted by Gasteiger charge is 2.18. The van der Waals surface area contributed by atoms with Gasteiger partial charge in [0.05, 0.1) is 18.8 Å². The smallest absolute Gasteiger partial charge is 0.220 e. The molecule has 0 aromatic rings. The summed E-state index contributed by atoms with van der Waals surface area (Å²) in [5, 5.41) is 23.2. The van der Waals surface area contributed by atoms with E-state index >= 15 is 0 Å². The molecule has 4 nitrogen and oxygen atoms in total. The van der Waals surface area contributed by atoms with Crippen molar-refractivity contribution in [1.29, 1.82) is 0 Å². The van der Waals surface area contributed by atoms with Crippen LogP contribution in [0.2, 0.25) is 0 Å². The average Bonchev–Trinajstić information content (AvgIpc) is 3.33. The summed E-state index contributed by atoms with van der Waals surface area (Å²) in [5.74, 6) is -0.0653. The van der Waals surface area contributed by atoms with E-state index in [2.05, 4.69) is 31.3 Å². The van der Waals surface area contributed by atoms with Crippen molar-refractivity contribution in [2.45, 2.75) is 366 Å². The zero-order valence-corrected chi connectivity index (χ0v) is 46.0. The van der Waals surface area contributed by atoms with Crippen LogP contribution in [0.3, 0.4) is 0 Å². The van der Waals surface area contributed by atoms with E-state index in [0.717, 1.165) is 32.1 Å². The summed E-state index contributed by atoms with van der Waals surface area (Å²) in [6.07, 6.45) is 79.5. The second-order valence-corrected chi connectivity index (χ2v) is 21.5. The Kier molecular flexibility index (Phi) is 58.2. The Hall–Kier alpha value is -1.13. The summed E-state index contributed by atoms with van der Waals surface area (Å²) in [4.78, 5) is 12.5. The van der Waals surface area contributed by atoms with Gasteiger partial charge in [-0.2, -0.15) is 0 Å². The lowest BCUT2D eigenvalue weighted by Gasteiger charge is -2.19. The van der Waals surface area contributed by atoms with Crippen molar-refractivity contribution in [2.24, 2.45) is 0 Å². The first-order valence-electron chi connectivity index (χ1n) is 31.1. The number of hydrogen-bond acceptors (Lipinski definition) is 3. The van der Waals surface area contributed by atoms with Gasteiger partial charge in [0.15, 0.2) is 0 Å². The van der Waals surface area contributed by atoms with Crippen molar-refractivity contribution in [1.82, 2.24) is 5.32 Å². The molecule has 0 fully saturated rings. The van der Waals surface area contributed by atoms with Crippen LogP contribution in [0.25, 0.3) is 0 Å². The van der Waals surface area contributed by atoms with Crippen molar-refractivity contribution in [3.05, 3.63) is 24.3 Å². The second kappa shape index (κ2) is 59.2. The third-order valence-electron chi connectivity index (χ3n) is 14.7. The molecule has 0 rings (SSSR count). The average molecular weight is 943 g/mol. The fourth-order valence-electron chi connectivity index (χ4n) is 9.97. The number of nitrogens with one attached hydrogen (secondary N) is 1. The monoisotopic (exact) mass is 942 g/mol. The number of aliphatic hydroxyl groups is 2. The van der Waals surface area contributed by atoms with Gasteiger partial charge in [0.25, 0.3) is 0 Å². The number of rotatable bonds is 58. The van der Waals surface area contributed by atoms with E-state index < -0.39 is 12.1 Å². The van der Waals surface area contributed by atoms with Gasteiger partial charge in [-0.3, -0.25) is 4.79 Å². The van der Waals surface area contributed by atoms with Crippen LogP contribution in [0.1, 0.15) is 354 Å². The Morgan fingerprint density at radius 3 is 0.866 bits per heavy atom. The van der Waals surface area contributed by atoms with Crippen LogP contribution in [0.5, 0.6) is 0 Å². The van der Waals surface area contributed by atoms with Gasteiger partial charge in [0.1, 0.15) is 0 Å². The molecular formula is C63H123NO3. The predicted molar refractivity (Wildman–Crippen MR) is 299 cm³/mol. The Bertz CT molecular complexity index is 978. The van der Waals surface area contributed by atoms with Gasteiger partial charge >= 0.3 is 0 Å². The van der Waals surface area contributed by atoms with Gasteiger partial charge in [-0.25, -0.2) is 0 Å². The summed E-state index contributed by atoms with van der Waals surface area (Å²) in [6, 6.07) is -0.637. The van der Waals surface area contributed by atoms with Crippen LogP contribution in [0, 0.1) is 0 Å². The minimum absolute atomic E-state index is 0.0653. The molecule has 4 heteroatoms. The largest absolute Gasteiger partial charge is 0.394 e. The maximum Gasteiger partial charge on any atom is 0.220 e. The zero-order chi connectivity index (χ0) is 48.5. The molecule has 0 aliphatic rings. The molecule has 0 saturated carbocycles. The van der Waals surface area contributed by atoms with E-state index in [9.17, 15) is 15.0 Å². The minimum Gasteiger partial charge on any atom is -0.394 e. The van der Waals surface area contributed by atoms with Crippen molar-refractivity contribution < 1.29 is 15.0 Å². The number of unbranched alkanes of at least 4 members (excludes halogenated alkanes) is 49. The molecule has 1 amide bonds. The molecule has 0 aromatic heterocycles. The molecule has 0 aliphatic heterocycles. The molecule has 2 unspecified atom stereocenters. The van der Waals surface area contributed by atoms with Gasteiger partial charge in [0.2, 0.25) is 5.91 Å². The highest BCUT2D eigenvalue weighted by molar-refractivity contribution is 5.76. The van der Waals surface area contributed by atoms with Crippen LogP contribution in [-0.2, 0) is 4.79 Å². The molecule has 0 bridgehead atoms. The number of carbonyl (C=O) groups excluding carboxylic acids is 1. The van der Waals surface area contributed by atoms with Gasteiger partial charge in [-0.05, 0) is 32.1 Å². The lowest BCUT2D eigenvalue weighted by molar-refractivity contribution is -0.123. The van der Waals surface area contributed by atoms with Crippen LogP contribution < -0.4 is 5.32 Å². The summed E-state index contributed by atoms with van der Waals surface area (Å²) in [7, 11) is 0. The molecule has 0 radical (unpaired) electrons. The Morgan fingerprint density at radius 1 is 0.343 bits per heavy atom. The van der Waals surface area contributed by atoms with E-state index in [1.165, 1.54) is 302 Å². The van der Waals surface area contributed by atoms with Crippen LogP contribution in [0.4, 0.5) is 0 Å². The van der Waals surface area contributed by atoms with E-state index in [4.69, 9.17) is 0 Å². The van der Waals surface area contributed by atoms with Gasteiger partial charge in [-0.1, -0.05) is 340 Å². The SMILES string of the molecule is CCCCCCCCCCCCCCCCCCCCCC/C=C/CC/C=C/C(O)C(CO)NC(=O)CCCCCCCCCCCCCCCCCCCCCCCCCCCCCCC. The third-order valence-corrected chi connectivity index (χ3v) is 14.7. The van der Waals surface area contributed by atoms with E-state index in [-0.39, 0.29) is 12.5 Å². The molecule has 0 heterocycles. The summed E-state index contributed by atoms with van der Waals surface area (Å²) >= 11 is 0. The summed E-state index contributed by atoms with van der Waals surface area (Å²) in [5.41, 5.74) is 0. The Morgan fingerprint density at radius 2 is 0.582 bits per heavy atom. The first-order chi connectivity index (χ1) is 33.2. The van der Waals surface area contributed by atoms with Crippen molar-refractivity contribution in [3.8, 4) is 0 Å². The number of carbonyl (C=O) groups is 1. The van der Waals surface area contributed by atoms with Crippen molar-refractivity contribution in [3.63, 3.8) is 0 Å². The standard InChI is InChI=1S/C63H123NO3/c1-3-5-7-9-11-13-15-17-19-21-23-25-27-29-31-32-33-35-37-39-41-43-45-47-49-51-53-55-57-59-63(67)64-61(60-65)62(66)58-56-54-52-50-48-46-44-42-40-38-36-34-30-28-26-24-22-20-18-16-14-12-10-8-6-4-2/h48,50,56,58,61-62,65-66H,3-47,49,51-55,57,59-60H2,1-2H3,(H,64,67)/b50-48+,58-56+. The van der Waals surface area contributed by atoms with E-state index in [1.807, 2.05) is 6.08 Å². The fourth-order valence-corrected chi connectivity index (χ4v) is 9.97. The lowest BCUT2D eigenvalue weighted by Crippen LogP contribution is -2.45. The first-order valence-corrected chi connectivity index (χ1v) is 31.1. The summed E-state index contributed by atoms with van der Waals surface area (Å²) in [6.45, 7) is 4.35. The normalized spacial score (nSPS) is 12.8. The van der Waals surface area contributed by atoms with Crippen LogP contribution >= 0.6 is 0 Å². The molecule has 67 heavy (non-hydrogen) atoms. The van der Waals surface area contributed by atoms with Crippen molar-refractivity contribution in [2.75, 3.05) is 6.61 Å². The fraction of sp³-hybridized carbons (Fsp3) is 0.921. The van der Waals surface area contributed by atoms with Gasteiger partial charge in [0, 0.05) is 6.42 Å². The highest BCUT2D eigenvalue weighted by Crippen LogP contribution is 2.18. The predicted octanol–water partition coefficient (Wildman–Crippen LogP) is 20.7. The highest BCUT2D eigenvalue weighted by atomic mass is 16.3. The molecule has 3 N–H and O–H groups in total. The van der Waals surface area contributed by atoms with Gasteiger partial charge < -0.3 is 15.5 Å². The molecule has 0 saturated heterocycles. The Balaban J connectivity index is 3.46. The number of amides is 1. The number of allylic oxidation sites excluding steroid dienone is 3. The molecule has 0 spiro atoms. The summed E-state index contributed by atoms with van der Waals surface area (Å²) < 4.78 is 0. The minimum atomic E-state index is -0.860. The maximum atomic E-state index is 12.5. The quantitative estimate of drug-likeness (QED) is 0.0420. The van der Waals surface area contributed by atoms with E-state index in [0.29, 0.717) is 6.42 Å². The van der Waals surface area contributed by atoms with E-state index in [1.54, 1.807) is 6.08 Å². The maximum absolute atomic E-state index is 12.5. The molecule has 0 aliphatic carbocycles. The molecule has 2 atom stereocenters.